The first-order valence-electron chi connectivity index (χ1n) is 5.83. The van der Waals surface area contributed by atoms with Gasteiger partial charge in [0.15, 0.2) is 0 Å². The lowest BCUT2D eigenvalue weighted by atomic mass is 10.1. The number of carbonyl (C=O) groups excluding carboxylic acids is 1. The number of hydrogen-bond donors (Lipinski definition) is 1. The second-order valence-electron chi connectivity index (χ2n) is 3.80. The zero-order valence-electron chi connectivity index (χ0n) is 10.9. The van der Waals surface area contributed by atoms with Crippen molar-refractivity contribution in [2.45, 2.75) is 19.8 Å². The van der Waals surface area contributed by atoms with Gasteiger partial charge in [0.25, 0.3) is 5.91 Å². The quantitative estimate of drug-likeness (QED) is 0.821. The Morgan fingerprint density at radius 1 is 1.33 bits per heavy atom. The zero-order chi connectivity index (χ0) is 13.5. The Hall–Kier alpha value is -1.23. The largest absolute Gasteiger partial charge is 0.497 e. The van der Waals surface area contributed by atoms with Crippen LogP contribution in [0.15, 0.2) is 16.6 Å². The minimum atomic E-state index is -0.153. The SMILES string of the molecule is CCCCNC(=O)c1cc(OC)cc(Br)c1OC. The lowest BCUT2D eigenvalue weighted by molar-refractivity contribution is 0.0949. The van der Waals surface area contributed by atoms with Gasteiger partial charge in [-0.05, 0) is 34.5 Å². The second kappa shape index (κ2) is 7.26. The maximum absolute atomic E-state index is 12.1. The van der Waals surface area contributed by atoms with Crippen LogP contribution in [0.4, 0.5) is 0 Å². The second-order valence-corrected chi connectivity index (χ2v) is 4.65. The first-order valence-corrected chi connectivity index (χ1v) is 6.63. The summed E-state index contributed by atoms with van der Waals surface area (Å²) in [5.74, 6) is 0.980. The molecular weight excluding hydrogens is 298 g/mol. The van der Waals surface area contributed by atoms with Crippen LogP contribution in [0.1, 0.15) is 30.1 Å². The minimum Gasteiger partial charge on any atom is -0.497 e. The molecule has 0 unspecified atom stereocenters. The molecule has 1 aromatic carbocycles. The molecule has 1 N–H and O–H groups in total. The fourth-order valence-electron chi connectivity index (χ4n) is 1.54. The van der Waals surface area contributed by atoms with E-state index in [1.165, 1.54) is 7.11 Å². The molecule has 0 atom stereocenters. The molecular formula is C13H18BrNO3. The van der Waals surface area contributed by atoms with E-state index in [0.717, 1.165) is 12.8 Å². The van der Waals surface area contributed by atoms with Gasteiger partial charge in [0, 0.05) is 6.54 Å². The van der Waals surface area contributed by atoms with Gasteiger partial charge in [-0.1, -0.05) is 13.3 Å². The van der Waals surface area contributed by atoms with Crippen LogP contribution in [0, 0.1) is 0 Å². The number of amides is 1. The molecule has 0 aliphatic carbocycles. The van der Waals surface area contributed by atoms with Crippen LogP contribution in [0.3, 0.4) is 0 Å². The molecule has 0 aromatic heterocycles. The van der Waals surface area contributed by atoms with Crippen LogP contribution in [0.5, 0.6) is 11.5 Å². The maximum atomic E-state index is 12.1. The number of benzene rings is 1. The van der Waals surface area contributed by atoms with E-state index in [-0.39, 0.29) is 5.91 Å². The molecule has 0 saturated heterocycles. The van der Waals surface area contributed by atoms with Gasteiger partial charge in [0.2, 0.25) is 0 Å². The summed E-state index contributed by atoms with van der Waals surface area (Å²) in [5, 5.41) is 2.86. The summed E-state index contributed by atoms with van der Waals surface area (Å²) in [4.78, 5) is 12.1. The summed E-state index contributed by atoms with van der Waals surface area (Å²) in [6.45, 7) is 2.74. The van der Waals surface area contributed by atoms with E-state index in [1.54, 1.807) is 19.2 Å². The molecule has 0 radical (unpaired) electrons. The summed E-state index contributed by atoms with van der Waals surface area (Å²) in [6.07, 6.45) is 2.00. The smallest absolute Gasteiger partial charge is 0.255 e. The molecule has 1 rings (SSSR count). The lowest BCUT2D eigenvalue weighted by Crippen LogP contribution is -2.25. The number of unbranched alkanes of at least 4 members (excludes halogenated alkanes) is 1. The molecule has 1 aromatic rings. The van der Waals surface area contributed by atoms with Crippen molar-refractivity contribution in [3.8, 4) is 11.5 Å². The third-order valence-electron chi connectivity index (χ3n) is 2.52. The van der Waals surface area contributed by atoms with Crippen molar-refractivity contribution in [3.05, 3.63) is 22.2 Å². The summed E-state index contributed by atoms with van der Waals surface area (Å²) in [7, 11) is 3.10. The molecule has 0 fully saturated rings. The number of rotatable bonds is 6. The van der Waals surface area contributed by atoms with Crippen LogP contribution >= 0.6 is 15.9 Å². The fourth-order valence-corrected chi connectivity index (χ4v) is 2.14. The Labute approximate surface area is 116 Å². The Morgan fingerprint density at radius 3 is 2.61 bits per heavy atom. The summed E-state index contributed by atoms with van der Waals surface area (Å²) < 4.78 is 11.1. The maximum Gasteiger partial charge on any atom is 0.255 e. The molecule has 0 saturated carbocycles. The highest BCUT2D eigenvalue weighted by Crippen LogP contribution is 2.33. The first-order chi connectivity index (χ1) is 8.63. The highest BCUT2D eigenvalue weighted by Gasteiger charge is 2.16. The molecule has 0 heterocycles. The van der Waals surface area contributed by atoms with Gasteiger partial charge < -0.3 is 14.8 Å². The third-order valence-corrected chi connectivity index (χ3v) is 3.11. The van der Waals surface area contributed by atoms with E-state index in [1.807, 2.05) is 0 Å². The number of ether oxygens (including phenoxy) is 2. The van der Waals surface area contributed by atoms with Crippen molar-refractivity contribution in [1.82, 2.24) is 5.32 Å². The van der Waals surface area contributed by atoms with E-state index in [2.05, 4.69) is 28.2 Å². The van der Waals surface area contributed by atoms with E-state index < -0.39 is 0 Å². The predicted molar refractivity (Wildman–Crippen MR) is 74.5 cm³/mol. The Kier molecular flexibility index (Phi) is 5.98. The van der Waals surface area contributed by atoms with E-state index in [4.69, 9.17) is 9.47 Å². The molecule has 0 aliphatic rings. The van der Waals surface area contributed by atoms with E-state index in [9.17, 15) is 4.79 Å². The number of carbonyl (C=O) groups is 1. The van der Waals surface area contributed by atoms with Crippen molar-refractivity contribution >= 4 is 21.8 Å². The van der Waals surface area contributed by atoms with Crippen molar-refractivity contribution in [2.24, 2.45) is 0 Å². The Bertz CT molecular complexity index is 421. The predicted octanol–water partition coefficient (Wildman–Crippen LogP) is 3.00. The molecule has 4 nitrogen and oxygen atoms in total. The van der Waals surface area contributed by atoms with Crippen LogP contribution in [0.25, 0.3) is 0 Å². The molecule has 0 spiro atoms. The summed E-state index contributed by atoms with van der Waals surface area (Å²) >= 11 is 3.36. The highest BCUT2D eigenvalue weighted by molar-refractivity contribution is 9.10. The van der Waals surface area contributed by atoms with Gasteiger partial charge in [0.05, 0.1) is 24.3 Å². The summed E-state index contributed by atoms with van der Waals surface area (Å²) in [5.41, 5.74) is 0.472. The van der Waals surface area contributed by atoms with Gasteiger partial charge in [-0.15, -0.1) is 0 Å². The average Bonchev–Trinajstić information content (AvgIpc) is 2.37. The minimum absolute atomic E-state index is 0.153. The number of nitrogens with one attached hydrogen (secondary N) is 1. The van der Waals surface area contributed by atoms with Crippen molar-refractivity contribution in [1.29, 1.82) is 0 Å². The van der Waals surface area contributed by atoms with Crippen molar-refractivity contribution in [2.75, 3.05) is 20.8 Å². The average molecular weight is 316 g/mol. The van der Waals surface area contributed by atoms with E-state index >= 15 is 0 Å². The van der Waals surface area contributed by atoms with Gasteiger partial charge in [0.1, 0.15) is 11.5 Å². The molecule has 100 valence electrons. The first kappa shape index (κ1) is 14.8. The molecule has 1 amide bonds. The Morgan fingerprint density at radius 2 is 2.06 bits per heavy atom. The van der Waals surface area contributed by atoms with Crippen LogP contribution in [0.2, 0.25) is 0 Å². The van der Waals surface area contributed by atoms with Crippen molar-refractivity contribution in [3.63, 3.8) is 0 Å². The van der Waals surface area contributed by atoms with Crippen LogP contribution in [-0.2, 0) is 0 Å². The topological polar surface area (TPSA) is 47.6 Å². The third kappa shape index (κ3) is 3.63. The number of hydrogen-bond acceptors (Lipinski definition) is 3. The van der Waals surface area contributed by atoms with Crippen molar-refractivity contribution < 1.29 is 14.3 Å². The van der Waals surface area contributed by atoms with Gasteiger partial charge >= 0.3 is 0 Å². The van der Waals surface area contributed by atoms with Gasteiger partial charge in [-0.2, -0.15) is 0 Å². The molecule has 0 aliphatic heterocycles. The number of methoxy groups -OCH3 is 2. The van der Waals surface area contributed by atoms with Gasteiger partial charge in [-0.3, -0.25) is 4.79 Å². The monoisotopic (exact) mass is 315 g/mol. The highest BCUT2D eigenvalue weighted by atomic mass is 79.9. The lowest BCUT2D eigenvalue weighted by Gasteiger charge is -2.12. The zero-order valence-corrected chi connectivity index (χ0v) is 12.5. The Balaban J connectivity index is 2.97. The standard InChI is InChI=1S/C13H18BrNO3/c1-4-5-6-15-13(16)10-7-9(17-2)8-11(14)12(10)18-3/h7-8H,4-6H2,1-3H3,(H,15,16). The van der Waals surface area contributed by atoms with Gasteiger partial charge in [-0.25, -0.2) is 0 Å². The fraction of sp³-hybridized carbons (Fsp3) is 0.462. The molecule has 18 heavy (non-hydrogen) atoms. The summed E-state index contributed by atoms with van der Waals surface area (Å²) in [6, 6.07) is 3.44. The molecule has 0 bridgehead atoms. The van der Waals surface area contributed by atoms with Crippen LogP contribution < -0.4 is 14.8 Å². The molecule has 5 heteroatoms. The number of halogens is 1. The van der Waals surface area contributed by atoms with E-state index in [0.29, 0.717) is 28.1 Å². The normalized spacial score (nSPS) is 10.0. The van der Waals surface area contributed by atoms with Crippen LogP contribution in [-0.4, -0.2) is 26.7 Å².